The Morgan fingerprint density at radius 2 is 1.68 bits per heavy atom. The van der Waals surface area contributed by atoms with Crippen LogP contribution in [0.5, 0.6) is 5.88 Å². The summed E-state index contributed by atoms with van der Waals surface area (Å²) >= 11 is 0. The van der Waals surface area contributed by atoms with E-state index < -0.39 is 5.91 Å². The Kier molecular flexibility index (Phi) is 4.72. The zero-order valence-corrected chi connectivity index (χ0v) is 16.5. The Hall–Kier alpha value is -4.32. The van der Waals surface area contributed by atoms with E-state index in [1.807, 2.05) is 48.5 Å². The van der Waals surface area contributed by atoms with E-state index in [4.69, 9.17) is 0 Å². The number of pyridine rings is 1. The molecule has 1 amide bonds. The highest BCUT2D eigenvalue weighted by Crippen LogP contribution is 2.39. The third-order valence-corrected chi connectivity index (χ3v) is 5.28. The number of nitrogens with zero attached hydrogens (tertiary/aromatic N) is 4. The monoisotopic (exact) mass is 406 g/mol. The van der Waals surface area contributed by atoms with Crippen LogP contribution in [0.1, 0.15) is 15.9 Å². The summed E-state index contributed by atoms with van der Waals surface area (Å²) in [7, 11) is 0. The zero-order chi connectivity index (χ0) is 21.2. The third kappa shape index (κ3) is 3.44. The summed E-state index contributed by atoms with van der Waals surface area (Å²) in [5, 5.41) is 21.9. The van der Waals surface area contributed by atoms with E-state index in [9.17, 15) is 9.90 Å². The Bertz CT molecular complexity index is 1430. The molecular formula is C25H18N4O2. The van der Waals surface area contributed by atoms with Crippen LogP contribution in [0, 0.1) is 0 Å². The van der Waals surface area contributed by atoms with Crippen molar-refractivity contribution < 1.29 is 9.90 Å². The smallest absolute Gasteiger partial charge is 0.296 e. The summed E-state index contributed by atoms with van der Waals surface area (Å²) in [5.41, 5.74) is 2.50. The van der Waals surface area contributed by atoms with Gasteiger partial charge in [0.05, 0.1) is 17.6 Å². The van der Waals surface area contributed by atoms with Gasteiger partial charge in [-0.15, -0.1) is 10.2 Å². The Labute approximate surface area is 178 Å². The molecule has 0 saturated carbocycles. The Morgan fingerprint density at radius 1 is 0.903 bits per heavy atom. The highest BCUT2D eigenvalue weighted by molar-refractivity contribution is 5.97. The zero-order valence-electron chi connectivity index (χ0n) is 16.5. The van der Waals surface area contributed by atoms with E-state index in [-0.39, 0.29) is 11.6 Å². The van der Waals surface area contributed by atoms with E-state index in [0.29, 0.717) is 12.1 Å². The fourth-order valence-corrected chi connectivity index (χ4v) is 3.77. The molecule has 0 bridgehead atoms. The fraction of sp³-hybridized carbons (Fsp3) is 0.0400. The molecule has 1 N–H and O–H groups in total. The van der Waals surface area contributed by atoms with Crippen LogP contribution in [0.3, 0.4) is 0 Å². The predicted octanol–water partition coefficient (Wildman–Crippen LogP) is 5.87. The number of aromatic nitrogens is 2. The topological polar surface area (TPSA) is 79.8 Å². The molecule has 150 valence electrons. The first-order valence-electron chi connectivity index (χ1n) is 9.85. The van der Waals surface area contributed by atoms with Crippen molar-refractivity contribution in [1.82, 2.24) is 9.55 Å². The van der Waals surface area contributed by atoms with Crippen molar-refractivity contribution in [3.63, 3.8) is 0 Å². The maximum absolute atomic E-state index is 12.3. The van der Waals surface area contributed by atoms with Gasteiger partial charge < -0.3 is 9.67 Å². The number of fused-ring (bicyclic) bond motifs is 2. The maximum Gasteiger partial charge on any atom is 0.296 e. The number of hydrogen-bond donors (Lipinski definition) is 1. The summed E-state index contributed by atoms with van der Waals surface area (Å²) in [6.07, 6.45) is 3.02. The second kappa shape index (κ2) is 7.84. The molecule has 0 aliphatic carbocycles. The van der Waals surface area contributed by atoms with Crippen LogP contribution < -0.4 is 0 Å². The molecular weight excluding hydrogens is 388 g/mol. The first-order chi connectivity index (χ1) is 15.2. The molecule has 0 fully saturated rings. The van der Waals surface area contributed by atoms with Gasteiger partial charge in [-0.05, 0) is 34.5 Å². The molecule has 2 heterocycles. The average Bonchev–Trinajstić information content (AvgIpc) is 3.09. The number of amides is 1. The first kappa shape index (κ1) is 18.7. The number of carbonyl (C=O) groups is 1. The standard InChI is InChI=1S/C25H18N4O2/c30-24(18-10-6-14-26-15-18)28-27-23-21-12-3-4-13-22(21)29(25(23)31)16-19-9-5-8-17-7-1-2-11-20(17)19/h1-15,31H,16H2. The van der Waals surface area contributed by atoms with Gasteiger partial charge in [-0.25, -0.2) is 0 Å². The lowest BCUT2D eigenvalue weighted by Crippen LogP contribution is -1.99. The molecule has 2 aromatic heterocycles. The molecule has 5 rings (SSSR count). The van der Waals surface area contributed by atoms with Gasteiger partial charge >= 0.3 is 0 Å². The van der Waals surface area contributed by atoms with E-state index in [0.717, 1.165) is 27.2 Å². The lowest BCUT2D eigenvalue weighted by molar-refractivity contribution is 0.0994. The lowest BCUT2D eigenvalue weighted by Gasteiger charge is -2.10. The maximum atomic E-state index is 12.3. The number of hydrogen-bond acceptors (Lipinski definition) is 4. The van der Waals surface area contributed by atoms with Crippen molar-refractivity contribution in [1.29, 1.82) is 0 Å². The molecule has 0 radical (unpaired) electrons. The van der Waals surface area contributed by atoms with Crippen LogP contribution >= 0.6 is 0 Å². The molecule has 0 saturated heterocycles. The molecule has 5 aromatic rings. The molecule has 6 heteroatoms. The Morgan fingerprint density at radius 3 is 2.52 bits per heavy atom. The van der Waals surface area contributed by atoms with Crippen LogP contribution in [0.4, 0.5) is 5.69 Å². The molecule has 0 aliphatic heterocycles. The first-order valence-corrected chi connectivity index (χ1v) is 9.85. The van der Waals surface area contributed by atoms with Crippen LogP contribution in [-0.4, -0.2) is 20.6 Å². The molecule has 3 aromatic carbocycles. The lowest BCUT2D eigenvalue weighted by atomic mass is 10.0. The van der Waals surface area contributed by atoms with Crippen molar-refractivity contribution in [3.8, 4) is 5.88 Å². The quantitative estimate of drug-likeness (QED) is 0.379. The predicted molar refractivity (Wildman–Crippen MR) is 120 cm³/mol. The van der Waals surface area contributed by atoms with E-state index in [1.54, 1.807) is 22.9 Å². The highest BCUT2D eigenvalue weighted by Gasteiger charge is 2.18. The van der Waals surface area contributed by atoms with Gasteiger partial charge in [0.15, 0.2) is 5.69 Å². The second-order valence-corrected chi connectivity index (χ2v) is 7.16. The Balaban J connectivity index is 1.58. The van der Waals surface area contributed by atoms with Gasteiger partial charge in [-0.3, -0.25) is 9.78 Å². The summed E-state index contributed by atoms with van der Waals surface area (Å²) in [4.78, 5) is 16.2. The molecule has 31 heavy (non-hydrogen) atoms. The summed E-state index contributed by atoms with van der Waals surface area (Å²) < 4.78 is 1.79. The molecule has 0 spiro atoms. The van der Waals surface area contributed by atoms with Gasteiger partial charge in [-0.2, -0.15) is 0 Å². The number of aromatic hydroxyl groups is 1. The van der Waals surface area contributed by atoms with Crippen LogP contribution in [0.25, 0.3) is 21.7 Å². The van der Waals surface area contributed by atoms with Crippen molar-refractivity contribution in [2.75, 3.05) is 0 Å². The number of para-hydroxylation sites is 1. The number of azo groups is 1. The number of carbonyl (C=O) groups excluding carboxylic acids is 1. The summed E-state index contributed by atoms with van der Waals surface area (Å²) in [5.74, 6) is -0.546. The van der Waals surface area contributed by atoms with Gasteiger partial charge in [-0.1, -0.05) is 60.7 Å². The van der Waals surface area contributed by atoms with Gasteiger partial charge in [0, 0.05) is 17.8 Å². The fourth-order valence-electron chi connectivity index (χ4n) is 3.77. The SMILES string of the molecule is O=C(N=Nc1c(O)n(Cc2cccc3ccccc23)c2ccccc12)c1cccnc1. The molecule has 0 atom stereocenters. The minimum Gasteiger partial charge on any atom is -0.493 e. The highest BCUT2D eigenvalue weighted by atomic mass is 16.3. The molecule has 0 aliphatic rings. The number of rotatable bonds is 4. The van der Waals surface area contributed by atoms with Crippen LogP contribution in [-0.2, 0) is 6.54 Å². The van der Waals surface area contributed by atoms with Crippen molar-refractivity contribution in [2.45, 2.75) is 6.54 Å². The van der Waals surface area contributed by atoms with E-state index in [1.165, 1.54) is 6.20 Å². The van der Waals surface area contributed by atoms with E-state index in [2.05, 4.69) is 33.4 Å². The van der Waals surface area contributed by atoms with Crippen molar-refractivity contribution in [2.24, 2.45) is 10.2 Å². The number of benzene rings is 3. The van der Waals surface area contributed by atoms with Gasteiger partial charge in [0.1, 0.15) is 0 Å². The van der Waals surface area contributed by atoms with Crippen LogP contribution in [0.2, 0.25) is 0 Å². The summed E-state index contributed by atoms with van der Waals surface area (Å²) in [6, 6.07) is 25.1. The van der Waals surface area contributed by atoms with Crippen molar-refractivity contribution >= 4 is 33.3 Å². The van der Waals surface area contributed by atoms with Gasteiger partial charge in [0.25, 0.3) is 5.91 Å². The average molecular weight is 406 g/mol. The van der Waals surface area contributed by atoms with Crippen LogP contribution in [0.15, 0.2) is 101 Å². The van der Waals surface area contributed by atoms with Gasteiger partial charge in [0.2, 0.25) is 5.88 Å². The second-order valence-electron chi connectivity index (χ2n) is 7.16. The van der Waals surface area contributed by atoms with Crippen molar-refractivity contribution in [3.05, 3.63) is 102 Å². The molecule has 0 unspecified atom stereocenters. The normalized spacial score (nSPS) is 11.5. The minimum atomic E-state index is -0.515. The minimum absolute atomic E-state index is 0.0307. The largest absolute Gasteiger partial charge is 0.493 e. The summed E-state index contributed by atoms with van der Waals surface area (Å²) in [6.45, 7) is 0.458. The van der Waals surface area contributed by atoms with E-state index >= 15 is 0 Å². The molecule has 6 nitrogen and oxygen atoms in total. The third-order valence-electron chi connectivity index (χ3n) is 5.28.